The number of amides is 1. The van der Waals surface area contributed by atoms with Crippen molar-refractivity contribution >= 4 is 29.0 Å². The molecule has 1 N–H and O–H groups in total. The summed E-state index contributed by atoms with van der Waals surface area (Å²) in [5.74, 6) is 1.28. The maximum absolute atomic E-state index is 12.4. The summed E-state index contributed by atoms with van der Waals surface area (Å²) in [6, 6.07) is 12.7. The van der Waals surface area contributed by atoms with Gasteiger partial charge in [0, 0.05) is 12.6 Å². The minimum Gasteiger partial charge on any atom is -0.352 e. The van der Waals surface area contributed by atoms with Gasteiger partial charge >= 0.3 is 0 Å². The van der Waals surface area contributed by atoms with Gasteiger partial charge in [0.2, 0.25) is 5.91 Å². The van der Waals surface area contributed by atoms with Crippen LogP contribution < -0.4 is 5.32 Å². The molecule has 1 aromatic carbocycles. The molecule has 1 amide bonds. The van der Waals surface area contributed by atoms with Crippen LogP contribution in [0.15, 0.2) is 46.9 Å². The minimum atomic E-state index is 0.0520. The fraction of sp³-hybridized carbons (Fsp3) is 0.316. The Hall–Kier alpha value is -2.12. The van der Waals surface area contributed by atoms with E-state index in [1.54, 1.807) is 11.3 Å². The van der Waals surface area contributed by atoms with Crippen molar-refractivity contribution in [2.24, 2.45) is 0 Å². The second-order valence-electron chi connectivity index (χ2n) is 6.26. The van der Waals surface area contributed by atoms with E-state index in [-0.39, 0.29) is 11.9 Å². The molecule has 0 unspecified atom stereocenters. The third kappa shape index (κ3) is 3.54. The SMILES string of the molecule is CCn1c(SCC(=O)NC2Cc3ccccc3C2)nnc1-c1cccs1. The van der Waals surface area contributed by atoms with Crippen molar-refractivity contribution in [2.45, 2.75) is 37.5 Å². The zero-order chi connectivity index (χ0) is 17.9. The topological polar surface area (TPSA) is 59.8 Å². The molecule has 0 aliphatic heterocycles. The highest BCUT2D eigenvalue weighted by atomic mass is 32.2. The van der Waals surface area contributed by atoms with Crippen molar-refractivity contribution in [1.82, 2.24) is 20.1 Å². The summed E-state index contributed by atoms with van der Waals surface area (Å²) in [7, 11) is 0. The van der Waals surface area contributed by atoms with Crippen LogP contribution in [-0.2, 0) is 24.2 Å². The molecule has 1 aliphatic carbocycles. The van der Waals surface area contributed by atoms with E-state index < -0.39 is 0 Å². The van der Waals surface area contributed by atoms with E-state index in [0.29, 0.717) is 5.75 Å². The Morgan fingerprint density at radius 2 is 2.00 bits per heavy atom. The largest absolute Gasteiger partial charge is 0.352 e. The van der Waals surface area contributed by atoms with Crippen molar-refractivity contribution in [3.8, 4) is 10.7 Å². The summed E-state index contributed by atoms with van der Waals surface area (Å²) in [4.78, 5) is 13.5. The molecule has 0 fully saturated rings. The number of thioether (sulfide) groups is 1. The van der Waals surface area contributed by atoms with Crippen LogP contribution in [0, 0.1) is 0 Å². The smallest absolute Gasteiger partial charge is 0.230 e. The highest BCUT2D eigenvalue weighted by Gasteiger charge is 2.23. The molecule has 5 nitrogen and oxygen atoms in total. The van der Waals surface area contributed by atoms with Gasteiger partial charge in [-0.2, -0.15) is 0 Å². The standard InChI is InChI=1S/C19H20N4OS2/c1-2-23-18(16-8-5-9-25-16)21-22-19(23)26-12-17(24)20-15-10-13-6-3-4-7-14(13)11-15/h3-9,15H,2,10-12H2,1H3,(H,20,24). The van der Waals surface area contributed by atoms with Gasteiger partial charge in [-0.3, -0.25) is 4.79 Å². The second-order valence-corrected chi connectivity index (χ2v) is 8.15. The van der Waals surface area contributed by atoms with Crippen LogP contribution in [0.4, 0.5) is 0 Å². The maximum Gasteiger partial charge on any atom is 0.230 e. The Morgan fingerprint density at radius 1 is 1.23 bits per heavy atom. The van der Waals surface area contributed by atoms with E-state index in [4.69, 9.17) is 0 Å². The third-order valence-electron chi connectivity index (χ3n) is 4.52. The number of fused-ring (bicyclic) bond motifs is 1. The first-order valence-electron chi connectivity index (χ1n) is 8.70. The van der Waals surface area contributed by atoms with Gasteiger partial charge in [0.25, 0.3) is 0 Å². The molecule has 2 aromatic heterocycles. The summed E-state index contributed by atoms with van der Waals surface area (Å²) in [6.45, 7) is 2.85. The summed E-state index contributed by atoms with van der Waals surface area (Å²) < 4.78 is 2.06. The molecule has 1 aliphatic rings. The summed E-state index contributed by atoms with van der Waals surface area (Å²) in [6.07, 6.45) is 1.83. The molecule has 26 heavy (non-hydrogen) atoms. The Bertz CT molecular complexity index is 879. The second kappa shape index (κ2) is 7.63. The molecule has 3 aromatic rings. The van der Waals surface area contributed by atoms with Crippen LogP contribution in [-0.4, -0.2) is 32.5 Å². The third-order valence-corrected chi connectivity index (χ3v) is 6.36. The average molecular weight is 385 g/mol. The zero-order valence-corrected chi connectivity index (χ0v) is 16.1. The first-order valence-corrected chi connectivity index (χ1v) is 10.6. The van der Waals surface area contributed by atoms with Crippen molar-refractivity contribution in [1.29, 1.82) is 0 Å². The van der Waals surface area contributed by atoms with Crippen LogP contribution in [0.25, 0.3) is 10.7 Å². The van der Waals surface area contributed by atoms with Crippen LogP contribution in [0.5, 0.6) is 0 Å². The van der Waals surface area contributed by atoms with Gasteiger partial charge in [0.1, 0.15) is 0 Å². The number of nitrogens with zero attached hydrogens (tertiary/aromatic N) is 3. The van der Waals surface area contributed by atoms with Gasteiger partial charge in [-0.25, -0.2) is 0 Å². The lowest BCUT2D eigenvalue weighted by atomic mass is 10.1. The monoisotopic (exact) mass is 384 g/mol. The highest BCUT2D eigenvalue weighted by Crippen LogP contribution is 2.27. The maximum atomic E-state index is 12.4. The number of rotatable bonds is 6. The number of carbonyl (C=O) groups is 1. The van der Waals surface area contributed by atoms with Crippen LogP contribution in [0.1, 0.15) is 18.1 Å². The first-order chi connectivity index (χ1) is 12.7. The molecule has 0 bridgehead atoms. The molecular formula is C19H20N4OS2. The predicted octanol–water partition coefficient (Wildman–Crippen LogP) is 3.40. The highest BCUT2D eigenvalue weighted by molar-refractivity contribution is 7.99. The zero-order valence-electron chi connectivity index (χ0n) is 14.5. The minimum absolute atomic E-state index is 0.0520. The lowest BCUT2D eigenvalue weighted by Crippen LogP contribution is -2.36. The van der Waals surface area contributed by atoms with Crippen molar-refractivity contribution in [2.75, 3.05) is 5.75 Å². The van der Waals surface area contributed by atoms with E-state index in [2.05, 4.69) is 51.3 Å². The molecule has 0 radical (unpaired) electrons. The molecule has 0 spiro atoms. The van der Waals surface area contributed by atoms with E-state index >= 15 is 0 Å². The molecule has 2 heterocycles. The fourth-order valence-electron chi connectivity index (χ4n) is 3.33. The predicted molar refractivity (Wildman–Crippen MR) is 106 cm³/mol. The van der Waals surface area contributed by atoms with Gasteiger partial charge in [-0.1, -0.05) is 42.1 Å². The van der Waals surface area contributed by atoms with Crippen LogP contribution in [0.2, 0.25) is 0 Å². The van der Waals surface area contributed by atoms with Crippen LogP contribution >= 0.6 is 23.1 Å². The summed E-state index contributed by atoms with van der Waals surface area (Å²) in [5, 5.41) is 14.6. The molecule has 0 saturated heterocycles. The average Bonchev–Trinajstić information content (AvgIpc) is 3.37. The first kappa shape index (κ1) is 17.3. The fourth-order valence-corrected chi connectivity index (χ4v) is 4.86. The molecule has 0 saturated carbocycles. The van der Waals surface area contributed by atoms with Crippen molar-refractivity contribution in [3.05, 3.63) is 52.9 Å². The van der Waals surface area contributed by atoms with Gasteiger partial charge in [0.05, 0.1) is 10.6 Å². The van der Waals surface area contributed by atoms with E-state index in [0.717, 1.165) is 35.2 Å². The molecule has 134 valence electrons. The molecule has 4 rings (SSSR count). The van der Waals surface area contributed by atoms with Crippen molar-refractivity contribution in [3.63, 3.8) is 0 Å². The van der Waals surface area contributed by atoms with Gasteiger partial charge in [0.15, 0.2) is 11.0 Å². The number of thiophene rings is 1. The van der Waals surface area contributed by atoms with Gasteiger partial charge in [-0.15, -0.1) is 21.5 Å². The number of benzene rings is 1. The lowest BCUT2D eigenvalue weighted by molar-refractivity contribution is -0.119. The number of hydrogen-bond acceptors (Lipinski definition) is 5. The molecule has 7 heteroatoms. The van der Waals surface area contributed by atoms with Gasteiger partial charge < -0.3 is 9.88 Å². The lowest BCUT2D eigenvalue weighted by Gasteiger charge is -2.12. The summed E-state index contributed by atoms with van der Waals surface area (Å²) >= 11 is 3.09. The Labute approximate surface area is 160 Å². The Balaban J connectivity index is 1.35. The quantitative estimate of drug-likeness (QED) is 0.662. The number of carbonyl (C=O) groups excluding carboxylic acids is 1. The Morgan fingerprint density at radius 3 is 2.65 bits per heavy atom. The van der Waals surface area contributed by atoms with E-state index in [1.165, 1.54) is 22.9 Å². The normalized spacial score (nSPS) is 13.7. The van der Waals surface area contributed by atoms with Gasteiger partial charge in [-0.05, 0) is 42.3 Å². The summed E-state index contributed by atoms with van der Waals surface area (Å²) in [5.41, 5.74) is 2.69. The molecule has 0 atom stereocenters. The number of nitrogens with one attached hydrogen (secondary N) is 1. The van der Waals surface area contributed by atoms with Crippen molar-refractivity contribution < 1.29 is 4.79 Å². The number of aromatic nitrogens is 3. The van der Waals surface area contributed by atoms with E-state index in [1.807, 2.05) is 17.5 Å². The number of hydrogen-bond donors (Lipinski definition) is 1. The molecular weight excluding hydrogens is 364 g/mol. The Kier molecular flexibility index (Phi) is 5.08. The van der Waals surface area contributed by atoms with E-state index in [9.17, 15) is 4.79 Å². The van der Waals surface area contributed by atoms with Crippen LogP contribution in [0.3, 0.4) is 0 Å².